The van der Waals surface area contributed by atoms with E-state index in [1.54, 1.807) is 32.9 Å². The summed E-state index contributed by atoms with van der Waals surface area (Å²) < 4.78 is 15.9. The Hall–Kier alpha value is -3.99. The van der Waals surface area contributed by atoms with Crippen molar-refractivity contribution in [2.24, 2.45) is 7.05 Å². The summed E-state index contributed by atoms with van der Waals surface area (Å²) in [6.45, 7) is 4.39. The maximum Gasteiger partial charge on any atom is 0.295 e. The van der Waals surface area contributed by atoms with E-state index in [0.29, 0.717) is 34.7 Å². The van der Waals surface area contributed by atoms with Gasteiger partial charge in [0.05, 0.1) is 31.4 Å². The van der Waals surface area contributed by atoms with Gasteiger partial charge < -0.3 is 19.4 Å². The van der Waals surface area contributed by atoms with E-state index in [0.717, 1.165) is 11.3 Å². The zero-order valence-electron chi connectivity index (χ0n) is 20.8. The van der Waals surface area contributed by atoms with Crippen molar-refractivity contribution in [1.29, 1.82) is 0 Å². The van der Waals surface area contributed by atoms with Gasteiger partial charge in [-0.3, -0.25) is 14.3 Å². The van der Waals surface area contributed by atoms with Gasteiger partial charge in [-0.25, -0.2) is 4.68 Å². The topological polar surface area (TPSA) is 105 Å². The molecule has 0 unspecified atom stereocenters. The number of carbonyl (C=O) groups excluding carboxylic acids is 1. The predicted molar refractivity (Wildman–Crippen MR) is 139 cm³/mol. The molecule has 4 aromatic rings. The first-order valence-electron chi connectivity index (χ1n) is 11.3. The van der Waals surface area contributed by atoms with Gasteiger partial charge in [-0.2, -0.15) is 0 Å². The molecule has 0 spiro atoms. The molecule has 1 amide bonds. The molecule has 0 fully saturated rings. The number of nitrogens with one attached hydrogen (secondary N) is 1. The number of thioether (sulfide) groups is 1. The Kier molecular flexibility index (Phi) is 7.49. The van der Waals surface area contributed by atoms with Crippen molar-refractivity contribution in [2.45, 2.75) is 25.5 Å². The van der Waals surface area contributed by atoms with E-state index in [-0.39, 0.29) is 22.9 Å². The highest BCUT2D eigenvalue weighted by atomic mass is 32.2. The van der Waals surface area contributed by atoms with Gasteiger partial charge in [0, 0.05) is 19.2 Å². The fourth-order valence-corrected chi connectivity index (χ4v) is 4.69. The summed E-state index contributed by atoms with van der Waals surface area (Å²) in [4.78, 5) is 25.9. The molecule has 188 valence electrons. The maximum absolute atomic E-state index is 13.1. The molecule has 0 aliphatic heterocycles. The van der Waals surface area contributed by atoms with E-state index in [1.165, 1.54) is 16.4 Å². The predicted octanol–water partition coefficient (Wildman–Crippen LogP) is 3.51. The third-order valence-corrected chi connectivity index (χ3v) is 6.79. The largest absolute Gasteiger partial charge is 0.493 e. The van der Waals surface area contributed by atoms with Crippen LogP contribution >= 0.6 is 11.8 Å². The van der Waals surface area contributed by atoms with Gasteiger partial charge in [-0.05, 0) is 44.2 Å². The second-order valence-corrected chi connectivity index (χ2v) is 8.84. The average Bonchev–Trinajstić information content (AvgIpc) is 3.41. The third-order valence-electron chi connectivity index (χ3n) is 5.83. The monoisotopic (exact) mass is 508 g/mol. The minimum Gasteiger partial charge on any atom is -0.493 e. The van der Waals surface area contributed by atoms with Crippen molar-refractivity contribution < 1.29 is 14.3 Å². The second-order valence-electron chi connectivity index (χ2n) is 7.89. The van der Waals surface area contributed by atoms with Crippen molar-refractivity contribution in [2.75, 3.05) is 25.3 Å². The molecule has 0 aliphatic rings. The Balaban J connectivity index is 1.51. The van der Waals surface area contributed by atoms with Crippen LogP contribution in [0.25, 0.3) is 17.1 Å². The summed E-state index contributed by atoms with van der Waals surface area (Å²) in [6, 6.07) is 14.8. The molecule has 0 aliphatic carbocycles. The van der Waals surface area contributed by atoms with Gasteiger partial charge in [0.2, 0.25) is 5.91 Å². The number of amides is 1. The summed E-state index contributed by atoms with van der Waals surface area (Å²) in [6.07, 6.45) is 0. The SMILES string of the molecule is CCn1c(SCC(=O)Nc2c(C)n(C)n(-c3ccccc3)c2=O)nnc1-c1ccc(OC)c(OC)c1. The first-order valence-corrected chi connectivity index (χ1v) is 12.3. The summed E-state index contributed by atoms with van der Waals surface area (Å²) in [5.41, 5.74) is 2.18. The Morgan fingerprint density at radius 3 is 2.44 bits per heavy atom. The number of hydrogen-bond donors (Lipinski definition) is 1. The molecular weight excluding hydrogens is 480 g/mol. The van der Waals surface area contributed by atoms with E-state index in [2.05, 4.69) is 15.5 Å². The second kappa shape index (κ2) is 10.7. The zero-order chi connectivity index (χ0) is 25.8. The number of hydrogen-bond acceptors (Lipinski definition) is 7. The van der Waals surface area contributed by atoms with Crippen LogP contribution in [0.3, 0.4) is 0 Å². The summed E-state index contributed by atoms with van der Waals surface area (Å²) in [5, 5.41) is 12.0. The van der Waals surface area contributed by atoms with Crippen LogP contribution in [-0.2, 0) is 18.4 Å². The molecule has 0 radical (unpaired) electrons. The van der Waals surface area contributed by atoms with Gasteiger partial charge in [-0.1, -0.05) is 30.0 Å². The number of para-hydroxylation sites is 1. The first-order chi connectivity index (χ1) is 17.4. The van der Waals surface area contributed by atoms with E-state index >= 15 is 0 Å². The molecular formula is C25H28N6O4S. The lowest BCUT2D eigenvalue weighted by molar-refractivity contribution is -0.113. The molecule has 0 atom stereocenters. The molecule has 0 saturated carbocycles. The van der Waals surface area contributed by atoms with Crippen LogP contribution in [0.2, 0.25) is 0 Å². The average molecular weight is 509 g/mol. The van der Waals surface area contributed by atoms with Crippen LogP contribution in [0.1, 0.15) is 12.6 Å². The van der Waals surface area contributed by atoms with Crippen LogP contribution in [-0.4, -0.2) is 50.0 Å². The summed E-state index contributed by atoms with van der Waals surface area (Å²) in [7, 11) is 4.95. The van der Waals surface area contributed by atoms with Crippen molar-refractivity contribution in [3.63, 3.8) is 0 Å². The smallest absolute Gasteiger partial charge is 0.295 e. The number of methoxy groups -OCH3 is 2. The molecule has 0 bridgehead atoms. The Bertz CT molecular complexity index is 1440. The number of ether oxygens (including phenoxy) is 2. The Morgan fingerprint density at radius 2 is 1.78 bits per heavy atom. The van der Waals surface area contributed by atoms with Gasteiger partial charge in [0.25, 0.3) is 5.56 Å². The molecule has 2 heterocycles. The first kappa shape index (κ1) is 25.1. The minimum absolute atomic E-state index is 0.0726. The van der Waals surface area contributed by atoms with Gasteiger partial charge >= 0.3 is 0 Å². The van der Waals surface area contributed by atoms with E-state index in [9.17, 15) is 9.59 Å². The number of nitrogens with zero attached hydrogens (tertiary/aromatic N) is 5. The van der Waals surface area contributed by atoms with E-state index in [1.807, 2.05) is 60.0 Å². The van der Waals surface area contributed by atoms with Crippen LogP contribution in [0.15, 0.2) is 58.5 Å². The fourth-order valence-electron chi connectivity index (χ4n) is 3.89. The van der Waals surface area contributed by atoms with E-state index in [4.69, 9.17) is 9.47 Å². The fraction of sp³-hybridized carbons (Fsp3) is 0.280. The van der Waals surface area contributed by atoms with Crippen LogP contribution in [0.5, 0.6) is 11.5 Å². The zero-order valence-corrected chi connectivity index (χ0v) is 21.6. The lowest BCUT2D eigenvalue weighted by atomic mass is 10.2. The molecule has 11 heteroatoms. The number of aromatic nitrogens is 5. The Morgan fingerprint density at radius 1 is 1.06 bits per heavy atom. The summed E-state index contributed by atoms with van der Waals surface area (Å²) in [5.74, 6) is 1.64. The van der Waals surface area contributed by atoms with Crippen LogP contribution in [0, 0.1) is 6.92 Å². The number of anilines is 1. The molecule has 1 N–H and O–H groups in total. The van der Waals surface area contributed by atoms with E-state index < -0.39 is 0 Å². The highest BCUT2D eigenvalue weighted by Gasteiger charge is 2.20. The molecule has 0 saturated heterocycles. The van der Waals surface area contributed by atoms with Crippen molar-refractivity contribution in [1.82, 2.24) is 24.1 Å². The van der Waals surface area contributed by atoms with Crippen LogP contribution in [0.4, 0.5) is 5.69 Å². The summed E-state index contributed by atoms with van der Waals surface area (Å²) >= 11 is 1.26. The van der Waals surface area contributed by atoms with Crippen molar-refractivity contribution in [3.8, 4) is 28.6 Å². The minimum atomic E-state index is -0.302. The van der Waals surface area contributed by atoms with Gasteiger partial charge in [-0.15, -0.1) is 10.2 Å². The maximum atomic E-state index is 13.1. The Labute approximate surface area is 212 Å². The van der Waals surface area contributed by atoms with Gasteiger partial charge in [0.1, 0.15) is 5.69 Å². The van der Waals surface area contributed by atoms with Gasteiger partial charge in [0.15, 0.2) is 22.5 Å². The molecule has 10 nitrogen and oxygen atoms in total. The number of rotatable bonds is 9. The van der Waals surface area contributed by atoms with Crippen molar-refractivity contribution >= 4 is 23.4 Å². The normalized spacial score (nSPS) is 10.9. The third kappa shape index (κ3) is 4.74. The number of carbonyl (C=O) groups is 1. The molecule has 2 aromatic carbocycles. The highest BCUT2D eigenvalue weighted by Crippen LogP contribution is 2.33. The lowest BCUT2D eigenvalue weighted by Gasteiger charge is -2.11. The molecule has 36 heavy (non-hydrogen) atoms. The quantitative estimate of drug-likeness (QED) is 0.345. The standard InChI is InChI=1S/C25H28N6O4S/c1-6-30-23(17-12-13-19(34-4)20(14-17)35-5)27-28-25(30)36-15-21(32)26-22-16(2)29(3)31(24(22)33)18-10-8-7-9-11-18/h7-14H,6,15H2,1-5H3,(H,26,32). The molecule has 2 aromatic heterocycles. The highest BCUT2D eigenvalue weighted by molar-refractivity contribution is 7.99. The van der Waals surface area contributed by atoms with Crippen molar-refractivity contribution in [3.05, 3.63) is 64.6 Å². The molecule has 4 rings (SSSR count). The lowest BCUT2D eigenvalue weighted by Crippen LogP contribution is -2.23. The number of benzene rings is 2. The van der Waals surface area contributed by atoms with Crippen LogP contribution < -0.4 is 20.3 Å².